The van der Waals surface area contributed by atoms with Gasteiger partial charge in [-0.3, -0.25) is 9.69 Å². The van der Waals surface area contributed by atoms with Crippen LogP contribution in [0.15, 0.2) is 42.5 Å². The van der Waals surface area contributed by atoms with Crippen molar-refractivity contribution in [2.24, 2.45) is 5.92 Å². The molecule has 1 amide bonds. The quantitative estimate of drug-likeness (QED) is 0.545. The third kappa shape index (κ3) is 5.07. The zero-order valence-electron chi connectivity index (χ0n) is 18.2. The normalized spacial score (nSPS) is 17.1. The van der Waals surface area contributed by atoms with E-state index in [1.807, 2.05) is 6.07 Å². The standard InChI is InChI=1S/C25H30FN3O2/c1-17-20-14-19(31-2)10-11-22(20)27-24(17)16-29-13-5-6-18(15-29)9-12-25(30)28-23-8-4-3-7-21(23)26/h3-4,7-8,10-11,14,18,27H,5-6,9,12-13,15-16H2,1-2H3,(H,28,30). The van der Waals surface area contributed by atoms with Crippen molar-refractivity contribution in [3.63, 3.8) is 0 Å². The zero-order valence-corrected chi connectivity index (χ0v) is 18.2. The Bertz CT molecular complexity index is 1060. The predicted molar refractivity (Wildman–Crippen MR) is 122 cm³/mol. The molecule has 0 radical (unpaired) electrons. The number of hydrogen-bond acceptors (Lipinski definition) is 3. The van der Waals surface area contributed by atoms with E-state index in [-0.39, 0.29) is 11.6 Å². The maximum absolute atomic E-state index is 13.7. The molecule has 0 saturated carbocycles. The molecule has 2 aromatic carbocycles. The summed E-state index contributed by atoms with van der Waals surface area (Å²) in [4.78, 5) is 18.3. The molecule has 1 saturated heterocycles. The van der Waals surface area contributed by atoms with Crippen LogP contribution in [0.2, 0.25) is 0 Å². The van der Waals surface area contributed by atoms with E-state index in [1.165, 1.54) is 22.7 Å². The topological polar surface area (TPSA) is 57.4 Å². The highest BCUT2D eigenvalue weighted by molar-refractivity contribution is 5.90. The van der Waals surface area contributed by atoms with Crippen LogP contribution in [0.4, 0.5) is 10.1 Å². The van der Waals surface area contributed by atoms with E-state index in [0.717, 1.165) is 50.2 Å². The van der Waals surface area contributed by atoms with Gasteiger partial charge < -0.3 is 15.0 Å². The molecule has 2 N–H and O–H groups in total. The Morgan fingerprint density at radius 1 is 1.29 bits per heavy atom. The number of aryl methyl sites for hydroxylation is 1. The number of benzene rings is 2. The summed E-state index contributed by atoms with van der Waals surface area (Å²) in [6.45, 7) is 5.07. The van der Waals surface area contributed by atoms with Crippen LogP contribution < -0.4 is 10.1 Å². The Morgan fingerprint density at radius 3 is 2.94 bits per heavy atom. The second-order valence-electron chi connectivity index (χ2n) is 8.45. The van der Waals surface area contributed by atoms with Crippen LogP contribution in [0.5, 0.6) is 5.75 Å². The number of nitrogens with zero attached hydrogens (tertiary/aromatic N) is 1. The summed E-state index contributed by atoms with van der Waals surface area (Å²) in [5, 5.41) is 3.89. The van der Waals surface area contributed by atoms with Crippen LogP contribution in [0.1, 0.15) is 36.9 Å². The van der Waals surface area contributed by atoms with Crippen molar-refractivity contribution in [1.82, 2.24) is 9.88 Å². The lowest BCUT2D eigenvalue weighted by molar-refractivity contribution is -0.116. The number of carbonyl (C=O) groups excluding carboxylic acids is 1. The number of H-pyrrole nitrogens is 1. The van der Waals surface area contributed by atoms with Crippen molar-refractivity contribution >= 4 is 22.5 Å². The third-order valence-electron chi connectivity index (χ3n) is 6.28. The Labute approximate surface area is 182 Å². The molecule has 1 aliphatic rings. The summed E-state index contributed by atoms with van der Waals surface area (Å²) in [5.74, 6) is 0.825. The lowest BCUT2D eigenvalue weighted by Crippen LogP contribution is -2.35. The molecule has 1 aromatic heterocycles. The zero-order chi connectivity index (χ0) is 21.8. The van der Waals surface area contributed by atoms with Gasteiger partial charge in [0.2, 0.25) is 5.91 Å². The van der Waals surface area contributed by atoms with E-state index < -0.39 is 5.82 Å². The number of anilines is 1. The number of fused-ring (bicyclic) bond motifs is 1. The molecule has 2 heterocycles. The first-order valence-electron chi connectivity index (χ1n) is 11.0. The van der Waals surface area contributed by atoms with Crippen molar-refractivity contribution in [3.05, 3.63) is 59.5 Å². The molecular weight excluding hydrogens is 393 g/mol. The number of nitrogens with one attached hydrogen (secondary N) is 2. The molecule has 1 atom stereocenters. The number of aromatic nitrogens is 1. The van der Waals surface area contributed by atoms with Gasteiger partial charge in [-0.15, -0.1) is 0 Å². The van der Waals surface area contributed by atoms with Crippen LogP contribution in [-0.4, -0.2) is 36.0 Å². The van der Waals surface area contributed by atoms with Gasteiger partial charge in [0.05, 0.1) is 12.8 Å². The minimum atomic E-state index is -0.397. The van der Waals surface area contributed by atoms with Gasteiger partial charge in [0.15, 0.2) is 0 Å². The van der Waals surface area contributed by atoms with Gasteiger partial charge in [0.25, 0.3) is 0 Å². The van der Waals surface area contributed by atoms with Crippen LogP contribution >= 0.6 is 0 Å². The monoisotopic (exact) mass is 423 g/mol. The lowest BCUT2D eigenvalue weighted by atomic mass is 9.93. The van der Waals surface area contributed by atoms with Gasteiger partial charge in [-0.1, -0.05) is 12.1 Å². The Kier molecular flexibility index (Phi) is 6.56. The van der Waals surface area contributed by atoms with E-state index in [1.54, 1.807) is 25.3 Å². The maximum atomic E-state index is 13.7. The number of hydrogen-bond donors (Lipinski definition) is 2. The average Bonchev–Trinajstić information content (AvgIpc) is 3.09. The molecule has 0 aliphatic carbocycles. The molecule has 31 heavy (non-hydrogen) atoms. The van der Waals surface area contributed by atoms with E-state index in [4.69, 9.17) is 4.74 Å². The molecule has 1 fully saturated rings. The molecule has 5 nitrogen and oxygen atoms in total. The minimum Gasteiger partial charge on any atom is -0.497 e. The second kappa shape index (κ2) is 9.52. The maximum Gasteiger partial charge on any atom is 0.224 e. The number of piperidine rings is 1. The minimum absolute atomic E-state index is 0.123. The van der Waals surface area contributed by atoms with Gasteiger partial charge >= 0.3 is 0 Å². The van der Waals surface area contributed by atoms with Crippen molar-refractivity contribution < 1.29 is 13.9 Å². The number of aromatic amines is 1. The summed E-state index contributed by atoms with van der Waals surface area (Å²) >= 11 is 0. The fourth-order valence-corrected chi connectivity index (χ4v) is 4.51. The molecule has 4 rings (SSSR count). The first-order chi connectivity index (χ1) is 15.0. The van der Waals surface area contributed by atoms with Crippen molar-refractivity contribution in [2.75, 3.05) is 25.5 Å². The van der Waals surface area contributed by atoms with Crippen LogP contribution in [0.25, 0.3) is 10.9 Å². The van der Waals surface area contributed by atoms with Crippen LogP contribution in [-0.2, 0) is 11.3 Å². The molecule has 0 spiro atoms. The highest BCUT2D eigenvalue weighted by Gasteiger charge is 2.22. The predicted octanol–water partition coefficient (Wildman–Crippen LogP) is 5.25. The molecule has 0 bridgehead atoms. The number of ether oxygens (including phenoxy) is 1. The highest BCUT2D eigenvalue weighted by Crippen LogP contribution is 2.28. The fraction of sp³-hybridized carbons (Fsp3) is 0.400. The van der Waals surface area contributed by atoms with Gasteiger partial charge in [0, 0.05) is 36.1 Å². The number of rotatable bonds is 7. The summed E-state index contributed by atoms with van der Waals surface area (Å²) < 4.78 is 19.1. The largest absolute Gasteiger partial charge is 0.497 e. The van der Waals surface area contributed by atoms with Crippen molar-refractivity contribution in [3.8, 4) is 5.75 Å². The Morgan fingerprint density at radius 2 is 2.13 bits per heavy atom. The number of halogens is 1. The summed E-state index contributed by atoms with van der Waals surface area (Å²) in [5.41, 5.74) is 3.89. The molecule has 1 aliphatic heterocycles. The molecule has 1 unspecified atom stereocenters. The highest BCUT2D eigenvalue weighted by atomic mass is 19.1. The van der Waals surface area contributed by atoms with E-state index >= 15 is 0 Å². The van der Waals surface area contributed by atoms with Gasteiger partial charge in [-0.2, -0.15) is 0 Å². The van der Waals surface area contributed by atoms with E-state index in [9.17, 15) is 9.18 Å². The third-order valence-corrected chi connectivity index (χ3v) is 6.28. The summed E-state index contributed by atoms with van der Waals surface area (Å²) in [6.07, 6.45) is 3.50. The number of para-hydroxylation sites is 1. The molecule has 3 aromatic rings. The Hall–Kier alpha value is -2.86. The summed E-state index contributed by atoms with van der Waals surface area (Å²) in [7, 11) is 1.69. The average molecular weight is 424 g/mol. The number of likely N-dealkylation sites (tertiary alicyclic amines) is 1. The summed E-state index contributed by atoms with van der Waals surface area (Å²) in [6, 6.07) is 12.4. The lowest BCUT2D eigenvalue weighted by Gasteiger charge is -2.32. The molecular formula is C25H30FN3O2. The Balaban J connectivity index is 1.32. The SMILES string of the molecule is COc1ccc2[nH]c(CN3CCCC(CCC(=O)Nc4ccccc4F)C3)c(C)c2c1. The van der Waals surface area contributed by atoms with Crippen LogP contribution in [0, 0.1) is 18.7 Å². The number of carbonyl (C=O) groups is 1. The van der Waals surface area contributed by atoms with E-state index in [2.05, 4.69) is 34.3 Å². The molecule has 6 heteroatoms. The van der Waals surface area contributed by atoms with Crippen molar-refractivity contribution in [1.29, 1.82) is 0 Å². The van der Waals surface area contributed by atoms with E-state index in [0.29, 0.717) is 12.3 Å². The first-order valence-corrected chi connectivity index (χ1v) is 11.0. The van der Waals surface area contributed by atoms with Gasteiger partial charge in [0.1, 0.15) is 11.6 Å². The van der Waals surface area contributed by atoms with Gasteiger partial charge in [-0.25, -0.2) is 4.39 Å². The van der Waals surface area contributed by atoms with Gasteiger partial charge in [-0.05, 0) is 74.5 Å². The first kappa shape index (κ1) is 21.4. The van der Waals surface area contributed by atoms with Crippen molar-refractivity contribution in [2.45, 2.75) is 39.2 Å². The van der Waals surface area contributed by atoms with Crippen LogP contribution in [0.3, 0.4) is 0 Å². The smallest absolute Gasteiger partial charge is 0.224 e. The molecule has 164 valence electrons. The number of amides is 1. The fourth-order valence-electron chi connectivity index (χ4n) is 4.51. The second-order valence-corrected chi connectivity index (χ2v) is 8.45. The number of methoxy groups -OCH3 is 1.